The van der Waals surface area contributed by atoms with E-state index in [2.05, 4.69) is 99.7 Å². The van der Waals surface area contributed by atoms with Gasteiger partial charge in [0.15, 0.2) is 0 Å². The van der Waals surface area contributed by atoms with Crippen LogP contribution in [0.4, 0.5) is 0 Å². The number of hydrogen-bond acceptors (Lipinski definition) is 1. The number of hydrogen-bond donors (Lipinski definition) is 0. The second-order valence-electron chi connectivity index (χ2n) is 10.2. The van der Waals surface area contributed by atoms with E-state index in [4.69, 9.17) is 4.98 Å². The molecular weight excluding hydrogens is 414 g/mol. The summed E-state index contributed by atoms with van der Waals surface area (Å²) in [4.78, 5) is 4.97. The van der Waals surface area contributed by atoms with Crippen molar-refractivity contribution in [3.8, 4) is 11.3 Å². The Balaban J connectivity index is 1.71. The molecule has 0 radical (unpaired) electrons. The summed E-state index contributed by atoms with van der Waals surface area (Å²) < 4.78 is 0. The first-order valence-electron chi connectivity index (χ1n) is 11.7. The van der Waals surface area contributed by atoms with Crippen LogP contribution in [0.2, 0.25) is 13.1 Å². The van der Waals surface area contributed by atoms with Crippen LogP contribution in [-0.4, -0.2) is 13.1 Å². The molecule has 7 rings (SSSR count). The van der Waals surface area contributed by atoms with Gasteiger partial charge in [-0.15, -0.1) is 0 Å². The summed E-state index contributed by atoms with van der Waals surface area (Å²) in [5, 5.41) is 13.8. The largest absolute Gasteiger partial charge is 0.256 e. The van der Waals surface area contributed by atoms with Crippen LogP contribution in [0.5, 0.6) is 0 Å². The van der Waals surface area contributed by atoms with E-state index in [-0.39, 0.29) is 0 Å². The average molecular weight is 440 g/mol. The minimum absolute atomic E-state index is 1.15. The summed E-state index contributed by atoms with van der Waals surface area (Å²) in [6, 6.07) is 27.6. The summed E-state index contributed by atoms with van der Waals surface area (Å²) in [5.41, 5.74) is 5.15. The number of pyridine rings is 1. The van der Waals surface area contributed by atoms with Gasteiger partial charge >= 0.3 is 0 Å². The molecule has 2 heterocycles. The lowest BCUT2D eigenvalue weighted by molar-refractivity contribution is 1.36. The highest BCUT2D eigenvalue weighted by molar-refractivity contribution is 7.03. The molecule has 0 fully saturated rings. The molecule has 33 heavy (non-hydrogen) atoms. The lowest BCUT2D eigenvalue weighted by Crippen LogP contribution is -2.56. The molecule has 1 aliphatic heterocycles. The van der Waals surface area contributed by atoms with Gasteiger partial charge in [0, 0.05) is 17.1 Å². The molecule has 0 saturated heterocycles. The van der Waals surface area contributed by atoms with Gasteiger partial charge in [-0.3, -0.25) is 4.98 Å². The Morgan fingerprint density at radius 1 is 0.636 bits per heavy atom. The maximum atomic E-state index is 4.97. The number of nitrogens with zero attached hydrogens (tertiary/aromatic N) is 1. The van der Waals surface area contributed by atoms with Crippen LogP contribution in [0.15, 0.2) is 79.0 Å². The normalized spacial score (nSPS) is 14.3. The van der Waals surface area contributed by atoms with E-state index in [1.807, 2.05) is 6.20 Å². The van der Waals surface area contributed by atoms with Crippen molar-refractivity contribution in [1.82, 2.24) is 4.98 Å². The van der Waals surface area contributed by atoms with Crippen LogP contribution in [0.25, 0.3) is 54.3 Å². The molecule has 0 bridgehead atoms. The zero-order valence-electron chi connectivity index (χ0n) is 19.5. The lowest BCUT2D eigenvalue weighted by Gasteiger charge is -2.34. The monoisotopic (exact) mass is 439 g/mol. The van der Waals surface area contributed by atoms with Gasteiger partial charge in [-0.05, 0) is 79.6 Å². The van der Waals surface area contributed by atoms with Gasteiger partial charge in [0.05, 0.1) is 5.69 Å². The maximum Gasteiger partial charge on any atom is 0.114 e. The van der Waals surface area contributed by atoms with Crippen LogP contribution >= 0.6 is 0 Å². The van der Waals surface area contributed by atoms with Crippen LogP contribution < -0.4 is 10.4 Å². The van der Waals surface area contributed by atoms with Crippen molar-refractivity contribution in [1.29, 1.82) is 0 Å². The summed E-state index contributed by atoms with van der Waals surface area (Å²) >= 11 is 0. The summed E-state index contributed by atoms with van der Waals surface area (Å²) in [7, 11) is -1.95. The van der Waals surface area contributed by atoms with Crippen molar-refractivity contribution in [3.63, 3.8) is 0 Å². The first kappa shape index (κ1) is 19.0. The first-order valence-corrected chi connectivity index (χ1v) is 14.7. The van der Waals surface area contributed by atoms with Crippen LogP contribution in [0, 0.1) is 13.8 Å². The van der Waals surface area contributed by atoms with E-state index in [9.17, 15) is 0 Å². The second kappa shape index (κ2) is 6.30. The molecule has 158 valence electrons. The Bertz CT molecular complexity index is 1810. The highest BCUT2D eigenvalue weighted by Crippen LogP contribution is 2.39. The molecule has 0 N–H and O–H groups in total. The third-order valence-corrected chi connectivity index (χ3v) is 11.3. The predicted molar refractivity (Wildman–Crippen MR) is 146 cm³/mol. The lowest BCUT2D eigenvalue weighted by atomic mass is 9.92. The van der Waals surface area contributed by atoms with E-state index >= 15 is 0 Å². The molecule has 2 heteroatoms. The zero-order chi connectivity index (χ0) is 22.5. The minimum atomic E-state index is -1.95. The smallest absolute Gasteiger partial charge is 0.114 e. The van der Waals surface area contributed by atoms with E-state index in [1.54, 1.807) is 0 Å². The zero-order valence-corrected chi connectivity index (χ0v) is 20.5. The van der Waals surface area contributed by atoms with Crippen molar-refractivity contribution in [2.45, 2.75) is 26.9 Å². The van der Waals surface area contributed by atoms with E-state index < -0.39 is 8.07 Å². The summed E-state index contributed by atoms with van der Waals surface area (Å²) in [6.45, 7) is 9.46. The number of rotatable bonds is 0. The predicted octanol–water partition coefficient (Wildman–Crippen LogP) is 7.11. The van der Waals surface area contributed by atoms with Gasteiger partial charge in [0.2, 0.25) is 0 Å². The van der Waals surface area contributed by atoms with Gasteiger partial charge in [-0.25, -0.2) is 0 Å². The standard InChI is InChI=1S/C31H25NSi/c1-18-13-19(2)22-9-10-23-24-11-12-32-31-27-15-20-7-5-6-8-21(20)16-28(27)33(3,4)29(30(24)31)17-26(23)25(22)14-18/h5-17H,1-4H3. The van der Waals surface area contributed by atoms with E-state index in [0.29, 0.717) is 0 Å². The Morgan fingerprint density at radius 2 is 1.36 bits per heavy atom. The fourth-order valence-corrected chi connectivity index (χ4v) is 9.24. The molecule has 1 nitrogen and oxygen atoms in total. The topological polar surface area (TPSA) is 12.9 Å². The van der Waals surface area contributed by atoms with Crippen molar-refractivity contribution in [2.24, 2.45) is 0 Å². The highest BCUT2D eigenvalue weighted by Gasteiger charge is 2.37. The molecule has 0 aliphatic carbocycles. The molecule has 5 aromatic carbocycles. The van der Waals surface area contributed by atoms with Gasteiger partial charge in [0.1, 0.15) is 8.07 Å². The van der Waals surface area contributed by atoms with Crippen molar-refractivity contribution >= 4 is 61.5 Å². The fourth-order valence-electron chi connectivity index (χ4n) is 6.19. The number of fused-ring (bicyclic) bond motifs is 7. The van der Waals surface area contributed by atoms with Gasteiger partial charge < -0.3 is 0 Å². The highest BCUT2D eigenvalue weighted by atomic mass is 28.3. The van der Waals surface area contributed by atoms with Crippen molar-refractivity contribution in [3.05, 3.63) is 90.1 Å². The van der Waals surface area contributed by atoms with Gasteiger partial charge in [-0.2, -0.15) is 0 Å². The molecular formula is C31H25NSi. The summed E-state index contributed by atoms with van der Waals surface area (Å²) in [6.07, 6.45) is 2.01. The van der Waals surface area contributed by atoms with E-state index in [0.717, 1.165) is 5.69 Å². The van der Waals surface area contributed by atoms with E-state index in [1.165, 1.54) is 70.2 Å². The molecule has 1 aliphatic rings. The molecule has 0 atom stereocenters. The molecule has 0 saturated carbocycles. The molecule has 0 spiro atoms. The van der Waals surface area contributed by atoms with Gasteiger partial charge in [0.25, 0.3) is 0 Å². The minimum Gasteiger partial charge on any atom is -0.256 e. The van der Waals surface area contributed by atoms with Crippen LogP contribution in [0.3, 0.4) is 0 Å². The van der Waals surface area contributed by atoms with Crippen molar-refractivity contribution < 1.29 is 0 Å². The third-order valence-electron chi connectivity index (χ3n) is 7.82. The molecule has 0 amide bonds. The Morgan fingerprint density at radius 3 is 2.18 bits per heavy atom. The quantitative estimate of drug-likeness (QED) is 0.181. The summed E-state index contributed by atoms with van der Waals surface area (Å²) in [5.74, 6) is 0. The van der Waals surface area contributed by atoms with Crippen molar-refractivity contribution in [2.75, 3.05) is 0 Å². The Labute approximate surface area is 194 Å². The molecule has 6 aromatic rings. The SMILES string of the molecule is Cc1cc(C)c2ccc3c4ccnc5c4c(cc3c2c1)[Si](C)(C)c1cc2ccccc2cc1-5. The average Bonchev–Trinajstić information content (AvgIpc) is 2.81. The number of benzene rings is 5. The first-order chi connectivity index (χ1) is 15.9. The third kappa shape index (κ3) is 2.45. The molecule has 1 aromatic heterocycles. The number of aromatic nitrogens is 1. The van der Waals surface area contributed by atoms with Crippen LogP contribution in [-0.2, 0) is 0 Å². The molecule has 0 unspecified atom stereocenters. The van der Waals surface area contributed by atoms with Crippen LogP contribution in [0.1, 0.15) is 11.1 Å². The Hall–Kier alpha value is -3.49. The Kier molecular flexibility index (Phi) is 3.63. The maximum absolute atomic E-state index is 4.97. The number of aryl methyl sites for hydroxylation is 2. The fraction of sp³-hybridized carbons (Fsp3) is 0.129. The second-order valence-corrected chi connectivity index (χ2v) is 14.5. The van der Waals surface area contributed by atoms with Gasteiger partial charge in [-0.1, -0.05) is 79.3 Å².